The molecule has 0 fully saturated rings. The molecule has 0 aliphatic rings. The van der Waals surface area contributed by atoms with Crippen LogP contribution >= 0.6 is 0 Å². The summed E-state index contributed by atoms with van der Waals surface area (Å²) in [7, 11) is 1.51. The van der Waals surface area contributed by atoms with E-state index in [9.17, 15) is 4.79 Å². The molecule has 0 spiro atoms. The number of hydrogen-bond donors (Lipinski definition) is 0. The van der Waals surface area contributed by atoms with Crippen molar-refractivity contribution in [1.82, 2.24) is 4.98 Å². The Morgan fingerprint density at radius 3 is 2.90 bits per heavy atom. The van der Waals surface area contributed by atoms with Crippen LogP contribution in [-0.4, -0.2) is 18.1 Å². The van der Waals surface area contributed by atoms with Crippen molar-refractivity contribution in [3.8, 4) is 11.5 Å². The maximum Gasteiger partial charge on any atom is 0.347 e. The Bertz CT molecular complexity index is 763. The van der Waals surface area contributed by atoms with Crippen molar-refractivity contribution in [1.29, 1.82) is 0 Å². The summed E-state index contributed by atoms with van der Waals surface area (Å²) < 4.78 is 15.6. The number of hydrogen-bond acceptors (Lipinski definition) is 5. The van der Waals surface area contributed by atoms with Gasteiger partial charge in [0, 0.05) is 6.07 Å². The summed E-state index contributed by atoms with van der Waals surface area (Å²) in [6.07, 6.45) is 1.34. The maximum absolute atomic E-state index is 12.1. The van der Waals surface area contributed by atoms with Crippen LogP contribution in [0.4, 0.5) is 0 Å². The molecule has 5 heteroatoms. The quantitative estimate of drug-likeness (QED) is 0.540. The van der Waals surface area contributed by atoms with E-state index in [1.54, 1.807) is 42.5 Å². The Morgan fingerprint density at radius 2 is 2.05 bits per heavy atom. The summed E-state index contributed by atoms with van der Waals surface area (Å²) in [5.74, 6) is 0.396. The number of esters is 1. The standard InChI is InChI=1S/C15H11NO4/c1-18-13-5-3-2-4-11(13)15(17)20-10-6-7-14-12(8-10)16-9-19-14/h2-9H,1H3. The molecule has 0 N–H and O–H groups in total. The summed E-state index contributed by atoms with van der Waals surface area (Å²) in [6.45, 7) is 0. The third-order valence-electron chi connectivity index (χ3n) is 2.84. The van der Waals surface area contributed by atoms with Gasteiger partial charge in [0.1, 0.15) is 22.6 Å². The fourth-order valence-electron chi connectivity index (χ4n) is 1.88. The molecule has 0 aliphatic heterocycles. The fraction of sp³-hybridized carbons (Fsp3) is 0.0667. The number of nitrogens with zero attached hydrogens (tertiary/aromatic N) is 1. The minimum atomic E-state index is -0.481. The van der Waals surface area contributed by atoms with Crippen LogP contribution in [0.15, 0.2) is 53.3 Å². The third-order valence-corrected chi connectivity index (χ3v) is 2.84. The first kappa shape index (κ1) is 12.2. The maximum atomic E-state index is 12.1. The lowest BCUT2D eigenvalue weighted by Gasteiger charge is -2.07. The number of methoxy groups -OCH3 is 1. The number of ether oxygens (including phenoxy) is 2. The van der Waals surface area contributed by atoms with Gasteiger partial charge in [0.2, 0.25) is 0 Å². The molecule has 5 nitrogen and oxygen atoms in total. The molecule has 0 atom stereocenters. The van der Waals surface area contributed by atoms with E-state index >= 15 is 0 Å². The predicted octanol–water partition coefficient (Wildman–Crippen LogP) is 3.06. The molecule has 0 saturated carbocycles. The van der Waals surface area contributed by atoms with Gasteiger partial charge < -0.3 is 13.9 Å². The monoisotopic (exact) mass is 269 g/mol. The number of oxazole rings is 1. The molecular formula is C15H11NO4. The summed E-state index contributed by atoms with van der Waals surface area (Å²) >= 11 is 0. The number of aromatic nitrogens is 1. The molecule has 0 bridgehead atoms. The average Bonchev–Trinajstić information content (AvgIpc) is 2.94. The van der Waals surface area contributed by atoms with E-state index in [2.05, 4.69) is 4.98 Å². The van der Waals surface area contributed by atoms with E-state index in [1.165, 1.54) is 13.5 Å². The van der Waals surface area contributed by atoms with Gasteiger partial charge in [-0.05, 0) is 24.3 Å². The zero-order valence-electron chi connectivity index (χ0n) is 10.7. The Hall–Kier alpha value is -2.82. The second-order valence-corrected chi connectivity index (χ2v) is 4.07. The van der Waals surface area contributed by atoms with E-state index in [4.69, 9.17) is 13.9 Å². The summed E-state index contributed by atoms with van der Waals surface area (Å²) in [5, 5.41) is 0. The molecule has 100 valence electrons. The first-order chi connectivity index (χ1) is 9.78. The minimum Gasteiger partial charge on any atom is -0.496 e. The van der Waals surface area contributed by atoms with Crippen LogP contribution in [0, 0.1) is 0 Å². The molecule has 0 saturated heterocycles. The van der Waals surface area contributed by atoms with Gasteiger partial charge in [0.05, 0.1) is 7.11 Å². The van der Waals surface area contributed by atoms with Crippen molar-refractivity contribution in [3.63, 3.8) is 0 Å². The third kappa shape index (κ3) is 2.21. The van der Waals surface area contributed by atoms with Crippen molar-refractivity contribution >= 4 is 17.1 Å². The number of rotatable bonds is 3. The minimum absolute atomic E-state index is 0.371. The molecule has 20 heavy (non-hydrogen) atoms. The zero-order valence-corrected chi connectivity index (χ0v) is 10.7. The molecule has 3 rings (SSSR count). The number of para-hydroxylation sites is 1. The normalized spacial score (nSPS) is 10.4. The Labute approximate surface area is 114 Å². The molecular weight excluding hydrogens is 258 g/mol. The van der Waals surface area contributed by atoms with Crippen LogP contribution in [0.2, 0.25) is 0 Å². The van der Waals surface area contributed by atoms with Crippen molar-refractivity contribution in [3.05, 3.63) is 54.4 Å². The molecule has 0 amide bonds. The SMILES string of the molecule is COc1ccccc1C(=O)Oc1ccc2ocnc2c1. The van der Waals surface area contributed by atoms with Crippen molar-refractivity contribution in [2.24, 2.45) is 0 Å². The van der Waals surface area contributed by atoms with Gasteiger partial charge in [-0.2, -0.15) is 0 Å². The highest BCUT2D eigenvalue weighted by atomic mass is 16.5. The number of carbonyl (C=O) groups is 1. The van der Waals surface area contributed by atoms with Crippen LogP contribution in [0.5, 0.6) is 11.5 Å². The van der Waals surface area contributed by atoms with Crippen molar-refractivity contribution in [2.45, 2.75) is 0 Å². The summed E-state index contributed by atoms with van der Waals surface area (Å²) in [6, 6.07) is 11.9. The van der Waals surface area contributed by atoms with E-state index in [0.29, 0.717) is 28.2 Å². The lowest BCUT2D eigenvalue weighted by atomic mass is 10.2. The van der Waals surface area contributed by atoms with Gasteiger partial charge in [0.15, 0.2) is 12.0 Å². The van der Waals surface area contributed by atoms with E-state index in [-0.39, 0.29) is 0 Å². The highest BCUT2D eigenvalue weighted by Crippen LogP contribution is 2.23. The highest BCUT2D eigenvalue weighted by Gasteiger charge is 2.14. The van der Waals surface area contributed by atoms with Gasteiger partial charge in [-0.25, -0.2) is 9.78 Å². The zero-order chi connectivity index (χ0) is 13.9. The number of benzene rings is 2. The summed E-state index contributed by atoms with van der Waals surface area (Å²) in [5.41, 5.74) is 1.65. The highest BCUT2D eigenvalue weighted by molar-refractivity contribution is 5.94. The Kier molecular flexibility index (Phi) is 3.09. The molecule has 0 unspecified atom stereocenters. The number of carbonyl (C=O) groups excluding carboxylic acids is 1. The second-order valence-electron chi connectivity index (χ2n) is 4.07. The van der Waals surface area contributed by atoms with Crippen molar-refractivity contribution in [2.75, 3.05) is 7.11 Å². The first-order valence-electron chi connectivity index (χ1n) is 5.96. The fourth-order valence-corrected chi connectivity index (χ4v) is 1.88. The van der Waals surface area contributed by atoms with Crippen LogP contribution < -0.4 is 9.47 Å². The number of fused-ring (bicyclic) bond motifs is 1. The molecule has 1 heterocycles. The van der Waals surface area contributed by atoms with Crippen LogP contribution in [0.1, 0.15) is 10.4 Å². The van der Waals surface area contributed by atoms with Gasteiger partial charge in [-0.15, -0.1) is 0 Å². The Morgan fingerprint density at radius 1 is 1.20 bits per heavy atom. The predicted molar refractivity (Wildman–Crippen MR) is 72.0 cm³/mol. The van der Waals surface area contributed by atoms with Gasteiger partial charge in [-0.1, -0.05) is 12.1 Å². The van der Waals surface area contributed by atoms with Gasteiger partial charge in [-0.3, -0.25) is 0 Å². The van der Waals surface area contributed by atoms with Crippen LogP contribution in [0.3, 0.4) is 0 Å². The molecule has 3 aromatic rings. The smallest absolute Gasteiger partial charge is 0.347 e. The molecule has 2 aromatic carbocycles. The van der Waals surface area contributed by atoms with Crippen molar-refractivity contribution < 1.29 is 18.7 Å². The average molecular weight is 269 g/mol. The van der Waals surface area contributed by atoms with Gasteiger partial charge >= 0.3 is 5.97 Å². The van der Waals surface area contributed by atoms with E-state index < -0.39 is 5.97 Å². The summed E-state index contributed by atoms with van der Waals surface area (Å²) in [4.78, 5) is 16.1. The van der Waals surface area contributed by atoms with E-state index in [1.807, 2.05) is 0 Å². The lowest BCUT2D eigenvalue weighted by molar-refractivity contribution is 0.0731. The lowest BCUT2D eigenvalue weighted by Crippen LogP contribution is -2.09. The first-order valence-corrected chi connectivity index (χ1v) is 5.96. The van der Waals surface area contributed by atoms with Crippen LogP contribution in [0.25, 0.3) is 11.1 Å². The molecule has 0 radical (unpaired) electrons. The second kappa shape index (κ2) is 5.05. The van der Waals surface area contributed by atoms with E-state index in [0.717, 1.165) is 0 Å². The molecule has 0 aliphatic carbocycles. The van der Waals surface area contributed by atoms with Gasteiger partial charge in [0.25, 0.3) is 0 Å². The molecule has 1 aromatic heterocycles. The Balaban J connectivity index is 1.88. The van der Waals surface area contributed by atoms with Crippen LogP contribution in [-0.2, 0) is 0 Å². The topological polar surface area (TPSA) is 61.6 Å². The largest absolute Gasteiger partial charge is 0.496 e.